The Hall–Kier alpha value is -5.09. The van der Waals surface area contributed by atoms with E-state index in [1.807, 2.05) is 17.8 Å². The second kappa shape index (κ2) is 12.0. The van der Waals surface area contributed by atoms with Gasteiger partial charge in [0.1, 0.15) is 11.6 Å². The van der Waals surface area contributed by atoms with Crippen LogP contribution in [0.15, 0.2) is 125 Å². The second-order valence-corrected chi connectivity index (χ2v) is 17.6. The van der Waals surface area contributed by atoms with Gasteiger partial charge in [-0.05, 0) is 118 Å². The summed E-state index contributed by atoms with van der Waals surface area (Å²) >= 11 is 3.44. The van der Waals surface area contributed by atoms with Crippen LogP contribution in [0.2, 0.25) is 0 Å². The highest BCUT2D eigenvalue weighted by molar-refractivity contribution is 8.00. The molecule has 4 aliphatic rings. The normalized spacial score (nSPS) is 18.9. The molecule has 2 heterocycles. The lowest BCUT2D eigenvalue weighted by Crippen LogP contribution is -2.23. The lowest BCUT2D eigenvalue weighted by atomic mass is 9.79. The van der Waals surface area contributed by atoms with Gasteiger partial charge in [0, 0.05) is 47.8 Å². The monoisotopic (exact) mass is 714 g/mol. The second-order valence-electron chi connectivity index (χ2n) is 15.3. The summed E-state index contributed by atoms with van der Waals surface area (Å²) in [5, 5.41) is 18.8. The van der Waals surface area contributed by atoms with Gasteiger partial charge in [-0.2, -0.15) is 5.26 Å². The zero-order chi connectivity index (χ0) is 35.9. The van der Waals surface area contributed by atoms with Crippen LogP contribution in [0.4, 0.5) is 11.4 Å². The van der Waals surface area contributed by atoms with Crippen molar-refractivity contribution in [3.8, 4) is 17.2 Å². The number of benzene rings is 4. The van der Waals surface area contributed by atoms with Crippen LogP contribution in [0, 0.1) is 11.3 Å². The quantitative estimate of drug-likeness (QED) is 0.140. The van der Waals surface area contributed by atoms with Crippen molar-refractivity contribution < 1.29 is 9.90 Å². The average Bonchev–Trinajstić information content (AvgIpc) is 3.89. The molecule has 0 fully saturated rings. The number of fused-ring (bicyclic) bond motifs is 6. The Bertz CT molecular complexity index is 2490. The maximum Gasteiger partial charge on any atom is 0.346 e. The molecule has 1 unspecified atom stereocenters. The molecule has 9 rings (SSSR count). The number of anilines is 2. The van der Waals surface area contributed by atoms with E-state index in [1.165, 1.54) is 83.0 Å². The van der Waals surface area contributed by atoms with Gasteiger partial charge in [-0.1, -0.05) is 88.4 Å². The highest BCUT2D eigenvalue weighted by atomic mass is 32.2. The number of thiophene rings is 1. The van der Waals surface area contributed by atoms with E-state index in [4.69, 9.17) is 0 Å². The average molecular weight is 715 g/mol. The third kappa shape index (κ3) is 5.05. The third-order valence-electron chi connectivity index (χ3n) is 11.6. The zero-order valence-electron chi connectivity index (χ0n) is 29.7. The lowest BCUT2D eigenvalue weighted by Gasteiger charge is -2.33. The molecule has 4 aromatic carbocycles. The summed E-state index contributed by atoms with van der Waals surface area (Å²) in [4.78, 5) is 17.2. The van der Waals surface area contributed by atoms with Crippen molar-refractivity contribution >= 4 is 52.1 Å². The molecule has 4 nitrogen and oxygen atoms in total. The number of carboxylic acid groups (broad SMARTS) is 1. The molecular weight excluding hydrogens is 677 g/mol. The summed E-state index contributed by atoms with van der Waals surface area (Å²) in [6.07, 6.45) is 6.82. The van der Waals surface area contributed by atoms with Crippen molar-refractivity contribution in [2.75, 3.05) is 4.90 Å². The highest BCUT2D eigenvalue weighted by Crippen LogP contribution is 2.55. The Kier molecular flexibility index (Phi) is 7.56. The summed E-state index contributed by atoms with van der Waals surface area (Å²) in [6, 6.07) is 37.6. The van der Waals surface area contributed by atoms with Crippen LogP contribution >= 0.6 is 23.1 Å². The van der Waals surface area contributed by atoms with Crippen molar-refractivity contribution in [1.82, 2.24) is 0 Å². The summed E-state index contributed by atoms with van der Waals surface area (Å²) in [7, 11) is 0. The summed E-state index contributed by atoms with van der Waals surface area (Å²) in [6.45, 7) is 9.44. The standard InChI is InChI=1S/C46H38N2O2S2/c1-45(2)37-11-7-5-9-33(37)35-18-15-29(23-39(35)45)48(30-16-19-36-34-10-6-8-12-38(34)46(3,4)40(36)24-30)31-14-13-27-22-43(52-42(27)25-31)41-20-17-32(51-41)21-28(26-47)44(49)50/h5-15,17-18,20-21,23-25,43H,16,19,22H2,1-4H3,(H,49,50)/b28-21+. The van der Waals surface area contributed by atoms with Crippen molar-refractivity contribution in [3.63, 3.8) is 0 Å². The van der Waals surface area contributed by atoms with Crippen LogP contribution in [0.1, 0.15) is 83.4 Å². The molecule has 256 valence electrons. The third-order valence-corrected chi connectivity index (χ3v) is 14.2. The van der Waals surface area contributed by atoms with E-state index < -0.39 is 5.97 Å². The number of carbonyl (C=O) groups is 1. The maximum absolute atomic E-state index is 11.4. The molecule has 1 aromatic heterocycles. The van der Waals surface area contributed by atoms with Crippen molar-refractivity contribution in [1.29, 1.82) is 5.26 Å². The molecule has 1 atom stereocenters. The van der Waals surface area contributed by atoms with E-state index in [1.54, 1.807) is 17.4 Å². The van der Waals surface area contributed by atoms with E-state index >= 15 is 0 Å². The van der Waals surface area contributed by atoms with Gasteiger partial charge in [0.2, 0.25) is 0 Å². The molecular formula is C46H38N2O2S2. The first-order valence-corrected chi connectivity index (χ1v) is 19.6. The van der Waals surface area contributed by atoms with Gasteiger partial charge in [-0.25, -0.2) is 4.79 Å². The number of hydrogen-bond donors (Lipinski definition) is 1. The number of nitrogens with zero attached hydrogens (tertiary/aromatic N) is 2. The Morgan fingerprint density at radius 3 is 2.29 bits per heavy atom. The van der Waals surface area contributed by atoms with Gasteiger partial charge in [-0.15, -0.1) is 23.1 Å². The Morgan fingerprint density at radius 1 is 0.827 bits per heavy atom. The van der Waals surface area contributed by atoms with Gasteiger partial charge >= 0.3 is 5.97 Å². The molecule has 5 aromatic rings. The van der Waals surface area contributed by atoms with Crippen LogP contribution in [-0.2, 0) is 22.0 Å². The van der Waals surface area contributed by atoms with Crippen molar-refractivity contribution in [2.45, 2.75) is 67.9 Å². The lowest BCUT2D eigenvalue weighted by molar-refractivity contribution is -0.132. The van der Waals surface area contributed by atoms with Gasteiger partial charge in [0.15, 0.2) is 0 Å². The fourth-order valence-corrected chi connectivity index (χ4v) is 11.4. The van der Waals surface area contributed by atoms with Gasteiger partial charge in [0.25, 0.3) is 0 Å². The summed E-state index contributed by atoms with van der Waals surface area (Å²) in [5.74, 6) is -1.20. The number of carboxylic acids is 1. The minimum atomic E-state index is -1.20. The van der Waals surface area contributed by atoms with Crippen LogP contribution in [-0.4, -0.2) is 11.1 Å². The minimum Gasteiger partial charge on any atom is -0.477 e. The molecule has 52 heavy (non-hydrogen) atoms. The SMILES string of the molecule is CC1(C)C2=C(CCC(N(c3ccc4c(c3)SC(c3ccc(/C=C(\C#N)C(=O)O)s3)C4)c3ccc4c(c3)C(C)(C)c3ccccc3-4)=C2)c2ccccc21. The smallest absolute Gasteiger partial charge is 0.346 e. The van der Waals surface area contributed by atoms with Crippen LogP contribution in [0.25, 0.3) is 22.8 Å². The molecule has 0 bridgehead atoms. The van der Waals surface area contributed by atoms with Gasteiger partial charge < -0.3 is 10.0 Å². The van der Waals surface area contributed by atoms with Crippen LogP contribution in [0.3, 0.4) is 0 Å². The van der Waals surface area contributed by atoms with E-state index in [0.717, 1.165) is 24.1 Å². The fourth-order valence-electron chi connectivity index (χ4n) is 8.89. The zero-order valence-corrected chi connectivity index (χ0v) is 31.3. The number of nitriles is 1. The van der Waals surface area contributed by atoms with Gasteiger partial charge in [0.05, 0.1) is 0 Å². The van der Waals surface area contributed by atoms with Crippen LogP contribution < -0.4 is 4.90 Å². The largest absolute Gasteiger partial charge is 0.477 e. The molecule has 3 aliphatic carbocycles. The number of hydrogen-bond acceptors (Lipinski definition) is 5. The van der Waals surface area contributed by atoms with E-state index in [-0.39, 0.29) is 21.7 Å². The molecule has 0 amide bonds. The number of aliphatic carboxylic acids is 1. The Morgan fingerprint density at radius 2 is 1.52 bits per heavy atom. The summed E-state index contributed by atoms with van der Waals surface area (Å²) in [5.41, 5.74) is 15.7. The first-order valence-electron chi connectivity index (χ1n) is 17.9. The minimum absolute atomic E-state index is 0.0704. The van der Waals surface area contributed by atoms with Gasteiger partial charge in [-0.3, -0.25) is 0 Å². The molecule has 1 N–H and O–H groups in total. The van der Waals surface area contributed by atoms with E-state index in [9.17, 15) is 15.2 Å². The molecule has 0 radical (unpaired) electrons. The molecule has 0 spiro atoms. The molecule has 1 aliphatic heterocycles. The molecule has 0 saturated heterocycles. The van der Waals surface area contributed by atoms with E-state index in [2.05, 4.69) is 130 Å². The topological polar surface area (TPSA) is 64.3 Å². The van der Waals surface area contributed by atoms with Crippen LogP contribution in [0.5, 0.6) is 0 Å². The Labute approximate surface area is 313 Å². The number of allylic oxidation sites excluding steroid dienone is 4. The molecule has 6 heteroatoms. The predicted octanol–water partition coefficient (Wildman–Crippen LogP) is 12.0. The number of thioether (sulfide) groups is 1. The Balaban J connectivity index is 1.12. The van der Waals surface area contributed by atoms with Crippen molar-refractivity contribution in [3.05, 3.63) is 158 Å². The maximum atomic E-state index is 11.4. The summed E-state index contributed by atoms with van der Waals surface area (Å²) < 4.78 is 0. The molecule has 0 saturated carbocycles. The first-order chi connectivity index (χ1) is 25.0. The van der Waals surface area contributed by atoms with E-state index in [0.29, 0.717) is 0 Å². The number of rotatable bonds is 6. The highest BCUT2D eigenvalue weighted by Gasteiger charge is 2.40. The predicted molar refractivity (Wildman–Crippen MR) is 214 cm³/mol. The van der Waals surface area contributed by atoms with Crippen molar-refractivity contribution in [2.24, 2.45) is 0 Å². The fraction of sp³-hybridized carbons (Fsp3) is 0.217. The first kappa shape index (κ1) is 32.8.